The van der Waals surface area contributed by atoms with E-state index >= 15 is 0 Å². The lowest BCUT2D eigenvalue weighted by molar-refractivity contribution is 0.101. The second-order valence-electron chi connectivity index (χ2n) is 7.03. The minimum Gasteiger partial charge on any atom is -0.439 e. The van der Waals surface area contributed by atoms with Crippen LogP contribution in [0.25, 0.3) is 5.82 Å². The summed E-state index contributed by atoms with van der Waals surface area (Å²) in [5, 5.41) is 10.8. The van der Waals surface area contributed by atoms with Gasteiger partial charge in [-0.25, -0.2) is 9.67 Å². The van der Waals surface area contributed by atoms with Crippen molar-refractivity contribution >= 4 is 11.6 Å². The smallest absolute Gasteiger partial charge is 0.277 e. The molecular formula is C21H18N6O3. The molecule has 0 spiro atoms. The Balaban J connectivity index is 1.26. The van der Waals surface area contributed by atoms with Crippen molar-refractivity contribution in [3.8, 4) is 17.4 Å². The van der Waals surface area contributed by atoms with Crippen molar-refractivity contribution in [1.29, 1.82) is 0 Å². The van der Waals surface area contributed by atoms with Crippen molar-refractivity contribution in [1.82, 2.24) is 24.9 Å². The molecule has 1 aliphatic carbocycles. The summed E-state index contributed by atoms with van der Waals surface area (Å²) in [7, 11) is 0. The van der Waals surface area contributed by atoms with Crippen LogP contribution in [0, 0.1) is 6.92 Å². The van der Waals surface area contributed by atoms with E-state index in [0.717, 1.165) is 18.6 Å². The van der Waals surface area contributed by atoms with E-state index in [2.05, 4.69) is 25.5 Å². The van der Waals surface area contributed by atoms with Crippen LogP contribution in [0.5, 0.6) is 11.6 Å². The molecule has 150 valence electrons. The van der Waals surface area contributed by atoms with Gasteiger partial charge in [-0.15, -0.1) is 0 Å². The number of carbonyl (C=O) groups is 1. The Morgan fingerprint density at radius 1 is 1.20 bits per heavy atom. The number of aromatic nitrogens is 5. The number of rotatable bonds is 6. The predicted molar refractivity (Wildman–Crippen MR) is 107 cm³/mol. The second-order valence-corrected chi connectivity index (χ2v) is 7.03. The lowest BCUT2D eigenvalue weighted by Gasteiger charge is -2.09. The monoisotopic (exact) mass is 402 g/mol. The molecule has 0 atom stereocenters. The van der Waals surface area contributed by atoms with E-state index in [4.69, 9.17) is 9.26 Å². The van der Waals surface area contributed by atoms with Gasteiger partial charge in [0.05, 0.1) is 0 Å². The van der Waals surface area contributed by atoms with Crippen LogP contribution in [0.4, 0.5) is 5.69 Å². The van der Waals surface area contributed by atoms with E-state index in [1.165, 1.54) is 0 Å². The maximum atomic E-state index is 12.3. The number of nitrogens with one attached hydrogen (secondary N) is 1. The third-order valence-electron chi connectivity index (χ3n) is 4.62. The molecule has 0 radical (unpaired) electrons. The summed E-state index contributed by atoms with van der Waals surface area (Å²) in [6.45, 7) is 1.79. The van der Waals surface area contributed by atoms with Gasteiger partial charge in [0.2, 0.25) is 5.88 Å². The highest BCUT2D eigenvalue weighted by atomic mass is 16.5. The minimum absolute atomic E-state index is 0.278. The van der Waals surface area contributed by atoms with Crippen LogP contribution in [0.1, 0.15) is 40.8 Å². The molecule has 4 aromatic rings. The van der Waals surface area contributed by atoms with Crippen molar-refractivity contribution in [2.24, 2.45) is 0 Å². The van der Waals surface area contributed by atoms with E-state index in [0.29, 0.717) is 34.9 Å². The zero-order valence-corrected chi connectivity index (χ0v) is 16.1. The molecule has 0 saturated heterocycles. The van der Waals surface area contributed by atoms with Crippen LogP contribution in [0.15, 0.2) is 59.4 Å². The maximum Gasteiger partial charge on any atom is 0.277 e. The van der Waals surface area contributed by atoms with Gasteiger partial charge in [0, 0.05) is 36.1 Å². The Morgan fingerprint density at radius 3 is 2.77 bits per heavy atom. The summed E-state index contributed by atoms with van der Waals surface area (Å²) in [4.78, 5) is 21.0. The molecule has 9 nitrogen and oxygen atoms in total. The average Bonchev–Trinajstić information content (AvgIpc) is 3.23. The van der Waals surface area contributed by atoms with Crippen molar-refractivity contribution < 1.29 is 14.1 Å². The van der Waals surface area contributed by atoms with E-state index in [9.17, 15) is 4.79 Å². The molecule has 0 unspecified atom stereocenters. The lowest BCUT2D eigenvalue weighted by atomic mass is 10.2. The van der Waals surface area contributed by atoms with Crippen LogP contribution >= 0.6 is 0 Å². The zero-order valence-electron chi connectivity index (χ0n) is 16.1. The fraction of sp³-hybridized carbons (Fsp3) is 0.190. The first kappa shape index (κ1) is 18.0. The zero-order chi connectivity index (χ0) is 20.5. The summed E-state index contributed by atoms with van der Waals surface area (Å²) < 4.78 is 12.7. The molecule has 30 heavy (non-hydrogen) atoms. The van der Waals surface area contributed by atoms with Gasteiger partial charge in [-0.3, -0.25) is 4.79 Å². The second kappa shape index (κ2) is 7.43. The average molecular weight is 402 g/mol. The summed E-state index contributed by atoms with van der Waals surface area (Å²) in [5.74, 6) is 3.04. The molecule has 0 aliphatic heterocycles. The topological polar surface area (TPSA) is 108 Å². The van der Waals surface area contributed by atoms with Crippen molar-refractivity contribution in [3.63, 3.8) is 0 Å². The van der Waals surface area contributed by atoms with Gasteiger partial charge in [-0.2, -0.15) is 10.1 Å². The number of benzene rings is 1. The first-order valence-electron chi connectivity index (χ1n) is 9.56. The highest BCUT2D eigenvalue weighted by molar-refractivity contribution is 6.02. The number of aryl methyl sites for hydroxylation is 1. The van der Waals surface area contributed by atoms with Crippen LogP contribution in [-0.4, -0.2) is 30.8 Å². The third kappa shape index (κ3) is 3.90. The molecular weight excluding hydrogens is 384 g/mol. The summed E-state index contributed by atoms with van der Waals surface area (Å²) in [6, 6.07) is 12.2. The molecule has 0 bridgehead atoms. The molecule has 1 fully saturated rings. The molecule has 3 aromatic heterocycles. The standard InChI is InChI=1S/C21H18N6O3/c1-13-23-19(27-10-2-9-22-27)12-20(24-13)29-16-7-5-15(6-8-16)25-21(28)17-11-18(30-26-17)14-3-4-14/h2,5-12,14H,3-4H2,1H3,(H,25,28). The maximum absolute atomic E-state index is 12.3. The molecule has 1 aromatic carbocycles. The quantitative estimate of drug-likeness (QED) is 0.521. The first-order valence-corrected chi connectivity index (χ1v) is 9.56. The number of anilines is 1. The highest BCUT2D eigenvalue weighted by Gasteiger charge is 2.28. The Bertz CT molecular complexity index is 1180. The van der Waals surface area contributed by atoms with Crippen LogP contribution in [0.3, 0.4) is 0 Å². The molecule has 1 aliphatic rings. The molecule has 3 heterocycles. The normalized spacial score (nSPS) is 13.2. The number of hydrogen-bond acceptors (Lipinski definition) is 7. The Hall–Kier alpha value is -4.01. The fourth-order valence-electron chi connectivity index (χ4n) is 2.98. The van der Waals surface area contributed by atoms with E-state index in [1.54, 1.807) is 60.4 Å². The fourth-order valence-corrected chi connectivity index (χ4v) is 2.98. The largest absolute Gasteiger partial charge is 0.439 e. The molecule has 1 amide bonds. The minimum atomic E-state index is -0.311. The number of amides is 1. The van der Waals surface area contributed by atoms with Crippen LogP contribution in [-0.2, 0) is 0 Å². The van der Waals surface area contributed by atoms with Gasteiger partial charge in [0.15, 0.2) is 11.5 Å². The van der Waals surface area contributed by atoms with Gasteiger partial charge in [0.1, 0.15) is 17.3 Å². The van der Waals surface area contributed by atoms with Crippen molar-refractivity contribution in [2.45, 2.75) is 25.7 Å². The summed E-state index contributed by atoms with van der Waals surface area (Å²) in [5.41, 5.74) is 0.902. The van der Waals surface area contributed by atoms with Crippen LogP contribution < -0.4 is 10.1 Å². The van der Waals surface area contributed by atoms with E-state index in [1.807, 2.05) is 6.07 Å². The van der Waals surface area contributed by atoms with Crippen molar-refractivity contribution in [3.05, 3.63) is 72.1 Å². The van der Waals surface area contributed by atoms with E-state index < -0.39 is 0 Å². The van der Waals surface area contributed by atoms with Crippen molar-refractivity contribution in [2.75, 3.05) is 5.32 Å². The predicted octanol–water partition coefficient (Wildman–Crippen LogP) is 3.88. The molecule has 1 N–H and O–H groups in total. The molecule has 1 saturated carbocycles. The Morgan fingerprint density at radius 2 is 2.03 bits per heavy atom. The van der Waals surface area contributed by atoms with E-state index in [-0.39, 0.29) is 11.6 Å². The third-order valence-corrected chi connectivity index (χ3v) is 4.62. The van der Waals surface area contributed by atoms with Crippen LogP contribution in [0.2, 0.25) is 0 Å². The number of nitrogens with zero attached hydrogens (tertiary/aromatic N) is 5. The van der Waals surface area contributed by atoms with Gasteiger partial charge in [0.25, 0.3) is 5.91 Å². The van der Waals surface area contributed by atoms with Gasteiger partial charge >= 0.3 is 0 Å². The van der Waals surface area contributed by atoms with Gasteiger partial charge in [-0.1, -0.05) is 5.16 Å². The number of hydrogen-bond donors (Lipinski definition) is 1. The van der Waals surface area contributed by atoms with Gasteiger partial charge < -0.3 is 14.6 Å². The molecule has 5 rings (SSSR count). The SMILES string of the molecule is Cc1nc(Oc2ccc(NC(=O)c3cc(C4CC4)on3)cc2)cc(-n2cccn2)n1. The molecule has 9 heteroatoms. The number of carbonyl (C=O) groups excluding carboxylic acids is 1. The van der Waals surface area contributed by atoms with Gasteiger partial charge in [-0.05, 0) is 50.1 Å². The summed E-state index contributed by atoms with van der Waals surface area (Å²) in [6.07, 6.45) is 5.66. The first-order chi connectivity index (χ1) is 14.6. The highest BCUT2D eigenvalue weighted by Crippen LogP contribution is 2.40. The number of ether oxygens (including phenoxy) is 1. The Kier molecular flexibility index (Phi) is 4.47. The Labute approximate surface area is 171 Å². The lowest BCUT2D eigenvalue weighted by Crippen LogP contribution is -2.12. The summed E-state index contributed by atoms with van der Waals surface area (Å²) >= 11 is 0.